The van der Waals surface area contributed by atoms with Gasteiger partial charge in [-0.05, 0) is 18.1 Å². The molecule has 0 saturated carbocycles. The molecule has 2 heterocycles. The summed E-state index contributed by atoms with van der Waals surface area (Å²) < 4.78 is 5.42. The quantitative estimate of drug-likeness (QED) is 0.265. The molecule has 0 radical (unpaired) electrons. The van der Waals surface area contributed by atoms with E-state index in [0.29, 0.717) is 13.1 Å². The van der Waals surface area contributed by atoms with Gasteiger partial charge in [-0.15, -0.1) is 24.0 Å². The van der Waals surface area contributed by atoms with Crippen molar-refractivity contribution in [2.45, 2.75) is 39.8 Å². The lowest BCUT2D eigenvalue weighted by Gasteiger charge is -2.12. The van der Waals surface area contributed by atoms with Crippen LogP contribution in [-0.4, -0.2) is 33.3 Å². The van der Waals surface area contributed by atoms with Crippen LogP contribution in [0.15, 0.2) is 40.1 Å². The van der Waals surface area contributed by atoms with Gasteiger partial charge >= 0.3 is 0 Å². The number of aryl methyl sites for hydroxylation is 2. The van der Waals surface area contributed by atoms with Crippen molar-refractivity contribution in [3.8, 4) is 11.4 Å². The maximum Gasteiger partial charge on any atom is 0.191 e. The van der Waals surface area contributed by atoms with Crippen molar-refractivity contribution in [2.75, 3.05) is 7.05 Å². The number of benzene rings is 1. The summed E-state index contributed by atoms with van der Waals surface area (Å²) in [6, 6.07) is 8.14. The van der Waals surface area contributed by atoms with Gasteiger partial charge in [-0.1, -0.05) is 37.2 Å². The van der Waals surface area contributed by atoms with Crippen LogP contribution >= 0.6 is 24.0 Å². The predicted molar refractivity (Wildman–Crippen MR) is 120 cm³/mol. The van der Waals surface area contributed by atoms with E-state index < -0.39 is 0 Å². The number of aromatic nitrogens is 4. The molecule has 8 nitrogen and oxygen atoms in total. The van der Waals surface area contributed by atoms with Gasteiger partial charge in [0.2, 0.25) is 0 Å². The van der Waals surface area contributed by atoms with Crippen molar-refractivity contribution in [3.63, 3.8) is 0 Å². The number of rotatable bonds is 7. The molecule has 0 spiro atoms. The smallest absolute Gasteiger partial charge is 0.191 e. The third-order valence-corrected chi connectivity index (χ3v) is 4.34. The van der Waals surface area contributed by atoms with Gasteiger partial charge in [-0.25, -0.2) is 4.98 Å². The number of halogens is 1. The Morgan fingerprint density at radius 2 is 2.00 bits per heavy atom. The molecule has 3 N–H and O–H groups in total. The lowest BCUT2D eigenvalue weighted by Crippen LogP contribution is -2.36. The summed E-state index contributed by atoms with van der Waals surface area (Å²) in [5.41, 5.74) is 4.24. The van der Waals surface area contributed by atoms with E-state index in [1.54, 1.807) is 7.05 Å². The molecule has 3 aromatic rings. The summed E-state index contributed by atoms with van der Waals surface area (Å²) in [7, 11) is 1.76. The molecule has 0 atom stereocenters. The Morgan fingerprint density at radius 1 is 1.18 bits per heavy atom. The number of nitrogens with zero attached hydrogens (tertiary/aromatic N) is 4. The summed E-state index contributed by atoms with van der Waals surface area (Å²) in [5.74, 6) is 2.41. The van der Waals surface area contributed by atoms with E-state index in [1.807, 2.05) is 12.1 Å². The molecule has 0 fully saturated rings. The summed E-state index contributed by atoms with van der Waals surface area (Å²) in [6.07, 6.45) is 3.18. The molecule has 1 aromatic carbocycles. The minimum Gasteiger partial charge on any atom is -0.361 e. The van der Waals surface area contributed by atoms with Gasteiger partial charge in [0.25, 0.3) is 0 Å². The Kier molecular flexibility index (Phi) is 8.42. The van der Waals surface area contributed by atoms with Crippen LogP contribution in [0.4, 0.5) is 0 Å². The first kappa shape index (κ1) is 21.9. The van der Waals surface area contributed by atoms with Crippen LogP contribution in [-0.2, 0) is 25.9 Å². The number of aliphatic imine (C=N–C) groups is 1. The number of H-pyrrole nitrogens is 1. The number of guanidine groups is 1. The Hall–Kier alpha value is -2.43. The number of hydrogen-bond acceptors (Lipinski definition) is 5. The zero-order valence-corrected chi connectivity index (χ0v) is 18.7. The van der Waals surface area contributed by atoms with Crippen molar-refractivity contribution < 1.29 is 4.52 Å². The van der Waals surface area contributed by atoms with Crippen molar-refractivity contribution in [1.82, 2.24) is 31.0 Å². The minimum atomic E-state index is 0. The highest BCUT2D eigenvalue weighted by molar-refractivity contribution is 14.0. The summed E-state index contributed by atoms with van der Waals surface area (Å²) >= 11 is 0. The van der Waals surface area contributed by atoms with Gasteiger partial charge < -0.3 is 15.2 Å². The molecule has 9 heteroatoms. The first-order valence-electron chi connectivity index (χ1n) is 9.10. The lowest BCUT2D eigenvalue weighted by molar-refractivity contribution is 0.380. The first-order valence-corrected chi connectivity index (χ1v) is 9.10. The van der Waals surface area contributed by atoms with Crippen LogP contribution in [0.3, 0.4) is 0 Å². The highest BCUT2D eigenvalue weighted by Crippen LogP contribution is 2.16. The lowest BCUT2D eigenvalue weighted by atomic mass is 10.1. The second-order valence-electron chi connectivity index (χ2n) is 6.05. The van der Waals surface area contributed by atoms with Gasteiger partial charge in [0.15, 0.2) is 11.8 Å². The van der Waals surface area contributed by atoms with Crippen molar-refractivity contribution in [1.29, 1.82) is 0 Å². The number of hydrogen-bond donors (Lipinski definition) is 3. The molecule has 0 aliphatic heterocycles. The van der Waals surface area contributed by atoms with Crippen LogP contribution in [0, 0.1) is 0 Å². The molecule has 28 heavy (non-hydrogen) atoms. The molecule has 0 saturated heterocycles. The monoisotopic (exact) mass is 495 g/mol. The van der Waals surface area contributed by atoms with Crippen LogP contribution in [0.5, 0.6) is 0 Å². The Bertz CT molecular complexity index is 868. The average molecular weight is 495 g/mol. The average Bonchev–Trinajstić information content (AvgIpc) is 3.38. The third-order valence-electron chi connectivity index (χ3n) is 4.34. The SMILES string of the molecule is CCc1noc(CC)c1CNC(=NC)NCc1cccc(-c2ncn[nH]2)c1.I. The van der Waals surface area contributed by atoms with Crippen LogP contribution in [0.25, 0.3) is 11.4 Å². The first-order chi connectivity index (χ1) is 13.2. The van der Waals surface area contributed by atoms with Gasteiger partial charge in [-0.2, -0.15) is 5.10 Å². The molecule has 3 rings (SSSR count). The fourth-order valence-electron chi connectivity index (χ4n) is 2.89. The molecule has 0 amide bonds. The predicted octanol–water partition coefficient (Wildman–Crippen LogP) is 3.07. The fraction of sp³-hybridized carbons (Fsp3) is 0.368. The minimum absolute atomic E-state index is 0. The molecular weight excluding hydrogens is 469 g/mol. The Labute approximate surface area is 181 Å². The van der Waals surface area contributed by atoms with Crippen molar-refractivity contribution in [3.05, 3.63) is 53.2 Å². The van der Waals surface area contributed by atoms with Gasteiger partial charge in [0.05, 0.1) is 5.69 Å². The standard InChI is InChI=1S/C19H25N7O.HI/c1-4-16-15(17(5-2)27-26-16)11-22-19(20-3)21-10-13-7-6-8-14(9-13)18-23-12-24-25-18;/h6-9,12H,4-5,10-11H2,1-3H3,(H2,20,21,22)(H,23,24,25);1H. The Balaban J connectivity index is 0.00000280. The normalized spacial score (nSPS) is 11.2. The molecule has 0 aliphatic carbocycles. The van der Waals surface area contributed by atoms with Gasteiger partial charge in [-0.3, -0.25) is 10.1 Å². The highest BCUT2D eigenvalue weighted by Gasteiger charge is 2.13. The maximum absolute atomic E-state index is 5.42. The van der Waals surface area contributed by atoms with Crippen molar-refractivity contribution in [2.24, 2.45) is 4.99 Å². The van der Waals surface area contributed by atoms with E-state index >= 15 is 0 Å². The maximum atomic E-state index is 5.42. The van der Waals surface area contributed by atoms with Crippen LogP contribution in [0.2, 0.25) is 0 Å². The van der Waals surface area contributed by atoms with E-state index in [2.05, 4.69) is 61.9 Å². The molecule has 2 aromatic heterocycles. The van der Waals surface area contributed by atoms with Crippen molar-refractivity contribution >= 4 is 29.9 Å². The zero-order valence-electron chi connectivity index (χ0n) is 16.3. The molecule has 0 aliphatic rings. The zero-order chi connectivity index (χ0) is 19.1. The summed E-state index contributed by atoms with van der Waals surface area (Å²) in [4.78, 5) is 8.49. The summed E-state index contributed by atoms with van der Waals surface area (Å²) in [6.45, 7) is 5.42. The van der Waals surface area contributed by atoms with Gasteiger partial charge in [0.1, 0.15) is 12.1 Å². The second-order valence-corrected chi connectivity index (χ2v) is 6.05. The number of aromatic amines is 1. The van der Waals surface area contributed by atoms with Gasteiger partial charge in [0, 0.05) is 37.7 Å². The third kappa shape index (κ3) is 5.31. The molecule has 0 bridgehead atoms. The second kappa shape index (κ2) is 10.8. The molecule has 150 valence electrons. The largest absolute Gasteiger partial charge is 0.361 e. The van der Waals surface area contributed by atoms with E-state index in [0.717, 1.165) is 52.8 Å². The highest BCUT2D eigenvalue weighted by atomic mass is 127. The van der Waals surface area contributed by atoms with E-state index in [4.69, 9.17) is 4.52 Å². The van der Waals surface area contributed by atoms with E-state index in [1.165, 1.54) is 6.33 Å². The van der Waals surface area contributed by atoms with Crippen LogP contribution in [0.1, 0.15) is 36.4 Å². The van der Waals surface area contributed by atoms with Crippen LogP contribution < -0.4 is 10.6 Å². The summed E-state index contributed by atoms with van der Waals surface area (Å²) in [5, 5.41) is 17.6. The topological polar surface area (TPSA) is 104 Å². The van der Waals surface area contributed by atoms with E-state index in [-0.39, 0.29) is 24.0 Å². The molecular formula is C19H26IN7O. The number of nitrogens with one attached hydrogen (secondary N) is 3. The molecule has 0 unspecified atom stereocenters. The fourth-order valence-corrected chi connectivity index (χ4v) is 2.89. The Morgan fingerprint density at radius 3 is 2.68 bits per heavy atom. The van der Waals surface area contributed by atoms with E-state index in [9.17, 15) is 0 Å².